The van der Waals surface area contributed by atoms with Crippen molar-refractivity contribution in [2.45, 2.75) is 44.3 Å². The number of piperidine rings is 1. The fourth-order valence-electron chi connectivity index (χ4n) is 4.64. The average molecular weight is 485 g/mol. The Kier molecular flexibility index (Phi) is 5.78. The van der Waals surface area contributed by atoms with Crippen LogP contribution in [0.15, 0.2) is 42.6 Å². The van der Waals surface area contributed by atoms with E-state index in [9.17, 15) is 27.6 Å². The van der Waals surface area contributed by atoms with Gasteiger partial charge in [-0.15, -0.1) is 10.2 Å². The molecule has 2 fully saturated rings. The van der Waals surface area contributed by atoms with E-state index in [0.29, 0.717) is 43.0 Å². The van der Waals surface area contributed by atoms with Crippen molar-refractivity contribution in [2.24, 2.45) is 0 Å². The number of rotatable bonds is 4. The quantitative estimate of drug-likeness (QED) is 0.529. The fourth-order valence-corrected chi connectivity index (χ4v) is 4.64. The Morgan fingerprint density at radius 2 is 1.71 bits per heavy atom. The van der Waals surface area contributed by atoms with Crippen LogP contribution >= 0.6 is 0 Å². The monoisotopic (exact) mass is 485 g/mol. The Morgan fingerprint density at radius 3 is 2.40 bits per heavy atom. The molecule has 2 saturated heterocycles. The lowest BCUT2D eigenvalue weighted by Gasteiger charge is -2.32. The van der Waals surface area contributed by atoms with Crippen LogP contribution in [0.5, 0.6) is 0 Å². The third-order valence-corrected chi connectivity index (χ3v) is 6.53. The molecule has 3 aromatic rings. The van der Waals surface area contributed by atoms with Crippen molar-refractivity contribution >= 4 is 23.4 Å². The summed E-state index contributed by atoms with van der Waals surface area (Å²) < 4.78 is 40.9. The van der Waals surface area contributed by atoms with Crippen LogP contribution in [0.4, 0.5) is 13.2 Å². The number of halogens is 3. The van der Waals surface area contributed by atoms with Crippen molar-refractivity contribution < 1.29 is 27.6 Å². The van der Waals surface area contributed by atoms with Gasteiger partial charge in [0.25, 0.3) is 5.91 Å². The number of hydrogen-bond acceptors (Lipinski definition) is 5. The summed E-state index contributed by atoms with van der Waals surface area (Å²) in [5.41, 5.74) is 0.741. The zero-order valence-electron chi connectivity index (χ0n) is 18.7. The highest BCUT2D eigenvalue weighted by Crippen LogP contribution is 2.31. The molecule has 35 heavy (non-hydrogen) atoms. The lowest BCUT2D eigenvalue weighted by atomic mass is 9.96. The SMILES string of the molecule is O=C(c1ccc(CN2C(=O)CCC2=O)cc1)N1CCCC(c2nnc3ccc(C(F)(F)F)cn23)C1. The van der Waals surface area contributed by atoms with Gasteiger partial charge in [-0.05, 0) is 42.7 Å². The first-order valence-corrected chi connectivity index (χ1v) is 11.3. The Balaban J connectivity index is 1.31. The maximum atomic E-state index is 13.2. The van der Waals surface area contributed by atoms with Gasteiger partial charge in [0, 0.05) is 43.6 Å². The van der Waals surface area contributed by atoms with Crippen molar-refractivity contribution in [1.29, 1.82) is 0 Å². The van der Waals surface area contributed by atoms with Gasteiger partial charge >= 0.3 is 6.18 Å². The number of pyridine rings is 1. The van der Waals surface area contributed by atoms with Crippen LogP contribution in [0, 0.1) is 0 Å². The number of aromatic nitrogens is 3. The number of amides is 3. The maximum absolute atomic E-state index is 13.2. The fraction of sp³-hybridized carbons (Fsp3) is 0.375. The largest absolute Gasteiger partial charge is 0.417 e. The minimum Gasteiger partial charge on any atom is -0.338 e. The third kappa shape index (κ3) is 4.50. The summed E-state index contributed by atoms with van der Waals surface area (Å²) in [7, 11) is 0. The molecule has 2 aromatic heterocycles. The van der Waals surface area contributed by atoms with Crippen molar-refractivity contribution in [2.75, 3.05) is 13.1 Å². The summed E-state index contributed by atoms with van der Waals surface area (Å²) in [6.07, 6.45) is -1.67. The first-order valence-electron chi connectivity index (χ1n) is 11.3. The summed E-state index contributed by atoms with van der Waals surface area (Å²) in [4.78, 5) is 39.7. The van der Waals surface area contributed by atoms with Crippen molar-refractivity contribution in [3.05, 3.63) is 65.1 Å². The minimum absolute atomic E-state index is 0.178. The molecule has 4 heterocycles. The number of fused-ring (bicyclic) bond motifs is 1. The Bertz CT molecular complexity index is 1290. The van der Waals surface area contributed by atoms with Gasteiger partial charge in [-0.25, -0.2) is 0 Å². The standard InChI is InChI=1S/C24H22F3N5O3/c25-24(26,27)18-7-8-19-28-29-22(31(19)14-18)17-2-1-11-30(13-17)23(35)16-5-3-15(4-6-16)12-32-20(33)9-10-21(32)34/h3-8,14,17H,1-2,9-13H2. The topological polar surface area (TPSA) is 87.9 Å². The highest BCUT2D eigenvalue weighted by molar-refractivity contribution is 6.01. The van der Waals surface area contributed by atoms with Crippen LogP contribution in [-0.4, -0.2) is 55.2 Å². The normalized spacial score (nSPS) is 19.1. The molecule has 3 amide bonds. The molecule has 11 heteroatoms. The highest BCUT2D eigenvalue weighted by Gasteiger charge is 2.33. The number of carbonyl (C=O) groups is 3. The van der Waals surface area contributed by atoms with Gasteiger partial charge in [0.2, 0.25) is 11.8 Å². The number of benzene rings is 1. The average Bonchev–Trinajstić information content (AvgIpc) is 3.41. The van der Waals surface area contributed by atoms with E-state index in [4.69, 9.17) is 0 Å². The number of imide groups is 1. The molecule has 0 N–H and O–H groups in total. The van der Waals surface area contributed by atoms with E-state index in [2.05, 4.69) is 10.2 Å². The van der Waals surface area contributed by atoms with Gasteiger partial charge < -0.3 is 4.90 Å². The van der Waals surface area contributed by atoms with Gasteiger partial charge in [0.1, 0.15) is 5.82 Å². The molecule has 182 valence electrons. The molecule has 2 aliphatic rings. The highest BCUT2D eigenvalue weighted by atomic mass is 19.4. The van der Waals surface area contributed by atoms with Gasteiger partial charge in [0.15, 0.2) is 5.65 Å². The predicted molar refractivity (Wildman–Crippen MR) is 117 cm³/mol. The van der Waals surface area contributed by atoms with Gasteiger partial charge in [-0.1, -0.05) is 12.1 Å². The van der Waals surface area contributed by atoms with Crippen molar-refractivity contribution in [3.63, 3.8) is 0 Å². The van der Waals surface area contributed by atoms with Crippen molar-refractivity contribution in [1.82, 2.24) is 24.4 Å². The van der Waals surface area contributed by atoms with Gasteiger partial charge in [0.05, 0.1) is 12.1 Å². The summed E-state index contributed by atoms with van der Waals surface area (Å²) in [6, 6.07) is 9.03. The molecular weight excluding hydrogens is 463 g/mol. The van der Waals surface area contributed by atoms with Crippen LogP contribution in [0.2, 0.25) is 0 Å². The van der Waals surface area contributed by atoms with E-state index in [1.807, 2.05) is 0 Å². The summed E-state index contributed by atoms with van der Waals surface area (Å²) in [6.45, 7) is 1.02. The molecule has 0 aliphatic carbocycles. The second-order valence-corrected chi connectivity index (χ2v) is 8.86. The molecule has 0 bridgehead atoms. The second kappa shape index (κ2) is 8.79. The van der Waals surface area contributed by atoms with Crippen LogP contribution in [-0.2, 0) is 22.3 Å². The van der Waals surface area contributed by atoms with Crippen molar-refractivity contribution in [3.8, 4) is 0 Å². The van der Waals surface area contributed by atoms with E-state index in [1.165, 1.54) is 15.4 Å². The molecular formula is C24H22F3N5O3. The third-order valence-electron chi connectivity index (χ3n) is 6.53. The summed E-state index contributed by atoms with van der Waals surface area (Å²) in [5.74, 6) is -0.438. The number of carbonyl (C=O) groups excluding carboxylic acids is 3. The minimum atomic E-state index is -4.48. The van der Waals surface area contributed by atoms with Gasteiger partial charge in [-0.3, -0.25) is 23.7 Å². The Hall–Kier alpha value is -3.76. The van der Waals surface area contributed by atoms with E-state index in [0.717, 1.165) is 17.8 Å². The van der Waals surface area contributed by atoms with E-state index >= 15 is 0 Å². The Labute approximate surface area is 198 Å². The summed E-state index contributed by atoms with van der Waals surface area (Å²) in [5, 5.41) is 8.13. The second-order valence-electron chi connectivity index (χ2n) is 8.86. The molecule has 1 unspecified atom stereocenters. The molecule has 2 aliphatic heterocycles. The van der Waals surface area contributed by atoms with E-state index < -0.39 is 11.7 Å². The van der Waals surface area contributed by atoms with Gasteiger partial charge in [-0.2, -0.15) is 13.2 Å². The number of nitrogens with zero attached hydrogens (tertiary/aromatic N) is 5. The molecule has 1 aromatic carbocycles. The first-order chi connectivity index (χ1) is 16.7. The smallest absolute Gasteiger partial charge is 0.338 e. The first kappa shape index (κ1) is 23.0. The zero-order chi connectivity index (χ0) is 24.7. The number of hydrogen-bond donors (Lipinski definition) is 0. The molecule has 0 spiro atoms. The number of likely N-dealkylation sites (tertiary alicyclic amines) is 2. The molecule has 5 rings (SSSR count). The lowest BCUT2D eigenvalue weighted by Crippen LogP contribution is -2.39. The van der Waals surface area contributed by atoms with Crippen LogP contribution in [0.25, 0.3) is 5.65 Å². The molecule has 0 saturated carbocycles. The maximum Gasteiger partial charge on any atom is 0.417 e. The van der Waals surface area contributed by atoms with Crippen LogP contribution in [0.3, 0.4) is 0 Å². The Morgan fingerprint density at radius 1 is 1.00 bits per heavy atom. The lowest BCUT2D eigenvalue weighted by molar-refractivity contribution is -0.139. The van der Waals surface area contributed by atoms with Crippen LogP contribution in [0.1, 0.15) is 58.9 Å². The number of alkyl halides is 3. The van der Waals surface area contributed by atoms with E-state index in [-0.39, 0.29) is 43.0 Å². The summed E-state index contributed by atoms with van der Waals surface area (Å²) >= 11 is 0. The molecule has 0 radical (unpaired) electrons. The predicted octanol–water partition coefficient (Wildman–Crippen LogP) is 3.42. The van der Waals surface area contributed by atoms with Crippen LogP contribution < -0.4 is 0 Å². The van der Waals surface area contributed by atoms with E-state index in [1.54, 1.807) is 29.2 Å². The molecule has 8 nitrogen and oxygen atoms in total. The zero-order valence-corrected chi connectivity index (χ0v) is 18.7. The molecule has 1 atom stereocenters.